The van der Waals surface area contributed by atoms with Gasteiger partial charge in [-0.1, -0.05) is 18.2 Å². The van der Waals surface area contributed by atoms with Crippen molar-refractivity contribution in [3.05, 3.63) is 65.1 Å². The molecule has 7 nitrogen and oxygen atoms in total. The first-order valence-electron chi connectivity index (χ1n) is 10.9. The van der Waals surface area contributed by atoms with E-state index >= 15 is 0 Å². The van der Waals surface area contributed by atoms with E-state index in [1.807, 2.05) is 12.1 Å². The number of imidazole rings is 1. The highest BCUT2D eigenvalue weighted by Gasteiger charge is 2.18. The highest BCUT2D eigenvalue weighted by molar-refractivity contribution is 5.79. The van der Waals surface area contributed by atoms with Crippen molar-refractivity contribution in [1.29, 1.82) is 0 Å². The first-order valence-corrected chi connectivity index (χ1v) is 10.9. The number of nitrogens with one attached hydrogen (secondary N) is 2. The van der Waals surface area contributed by atoms with E-state index in [-0.39, 0.29) is 6.10 Å². The smallest absolute Gasteiger partial charge is 0.191 e. The average Bonchev–Trinajstić information content (AvgIpc) is 3.41. The number of hydrogen-bond donors (Lipinski definition) is 2. The van der Waals surface area contributed by atoms with Gasteiger partial charge >= 0.3 is 0 Å². The molecule has 1 fully saturated rings. The van der Waals surface area contributed by atoms with Crippen molar-refractivity contribution < 1.29 is 9.47 Å². The molecule has 1 aliphatic rings. The van der Waals surface area contributed by atoms with Crippen molar-refractivity contribution in [2.24, 2.45) is 4.99 Å². The molecule has 3 aromatic rings. The molecular formula is C24H31N5O2. The van der Waals surface area contributed by atoms with Crippen LogP contribution in [-0.4, -0.2) is 41.2 Å². The molecular weight excluding hydrogens is 390 g/mol. The van der Waals surface area contributed by atoms with E-state index in [4.69, 9.17) is 19.5 Å². The molecule has 164 valence electrons. The molecule has 0 bridgehead atoms. The third kappa shape index (κ3) is 5.35. The van der Waals surface area contributed by atoms with Gasteiger partial charge < -0.3 is 24.5 Å². The second kappa shape index (κ2) is 9.83. The third-order valence-corrected chi connectivity index (χ3v) is 5.34. The lowest BCUT2D eigenvalue weighted by Crippen LogP contribution is -2.36. The summed E-state index contributed by atoms with van der Waals surface area (Å²) in [4.78, 5) is 9.47. The van der Waals surface area contributed by atoms with E-state index < -0.39 is 0 Å². The molecule has 4 rings (SSSR count). The molecule has 3 heterocycles. The van der Waals surface area contributed by atoms with Crippen molar-refractivity contribution in [3.8, 4) is 5.75 Å². The number of guanidine groups is 1. The number of hydrogen-bond acceptors (Lipinski definition) is 4. The lowest BCUT2D eigenvalue weighted by atomic mass is 10.1. The molecule has 0 radical (unpaired) electrons. The number of aliphatic imine (C=N–C) groups is 1. The molecule has 1 aliphatic heterocycles. The predicted molar refractivity (Wildman–Crippen MR) is 123 cm³/mol. The zero-order valence-corrected chi connectivity index (χ0v) is 18.5. The Morgan fingerprint density at radius 1 is 1.26 bits per heavy atom. The van der Waals surface area contributed by atoms with Crippen LogP contribution in [0.4, 0.5) is 0 Å². The van der Waals surface area contributed by atoms with Gasteiger partial charge in [0.05, 0.1) is 32.0 Å². The number of pyridine rings is 1. The molecule has 1 aromatic carbocycles. The summed E-state index contributed by atoms with van der Waals surface area (Å²) in [6.45, 7) is 9.55. The maximum Gasteiger partial charge on any atom is 0.191 e. The monoisotopic (exact) mass is 421 g/mol. The third-order valence-electron chi connectivity index (χ3n) is 5.34. The van der Waals surface area contributed by atoms with Gasteiger partial charge in [0.2, 0.25) is 0 Å². The molecule has 0 saturated carbocycles. The number of rotatable bonds is 7. The van der Waals surface area contributed by atoms with Gasteiger partial charge in [-0.2, -0.15) is 0 Å². The molecule has 1 saturated heterocycles. The average molecular weight is 422 g/mol. The van der Waals surface area contributed by atoms with Gasteiger partial charge in [-0.05, 0) is 44.5 Å². The summed E-state index contributed by atoms with van der Waals surface area (Å²) in [5, 5.41) is 6.71. The predicted octanol–water partition coefficient (Wildman–Crippen LogP) is 3.37. The number of ether oxygens (including phenoxy) is 2. The second-order valence-electron chi connectivity index (χ2n) is 7.89. The molecule has 1 unspecified atom stereocenters. The summed E-state index contributed by atoms with van der Waals surface area (Å²) in [6.07, 6.45) is 3.12. The zero-order chi connectivity index (χ0) is 21.6. The lowest BCUT2D eigenvalue weighted by molar-refractivity contribution is 0.140. The van der Waals surface area contributed by atoms with Gasteiger partial charge in [-0.25, -0.2) is 9.98 Å². The maximum absolute atomic E-state index is 6.21. The molecule has 7 heteroatoms. The molecule has 2 aromatic heterocycles. The van der Waals surface area contributed by atoms with E-state index in [2.05, 4.69) is 66.3 Å². The summed E-state index contributed by atoms with van der Waals surface area (Å²) in [7, 11) is 0. The van der Waals surface area contributed by atoms with E-state index in [1.165, 1.54) is 5.56 Å². The summed E-state index contributed by atoms with van der Waals surface area (Å²) in [6, 6.07) is 12.4. The Balaban J connectivity index is 1.45. The Kier molecular flexibility index (Phi) is 6.72. The minimum atomic E-state index is 0.120. The van der Waals surface area contributed by atoms with Gasteiger partial charge in [0.25, 0.3) is 0 Å². The van der Waals surface area contributed by atoms with Crippen LogP contribution in [0.15, 0.2) is 47.6 Å². The van der Waals surface area contributed by atoms with Gasteiger partial charge in [0.1, 0.15) is 17.5 Å². The Hall–Kier alpha value is -3.06. The Morgan fingerprint density at radius 2 is 2.16 bits per heavy atom. The number of aryl methyl sites for hydroxylation is 2. The number of aromatic nitrogens is 2. The Morgan fingerprint density at radius 3 is 2.94 bits per heavy atom. The minimum Gasteiger partial charge on any atom is -0.488 e. The topological polar surface area (TPSA) is 72.2 Å². The number of nitrogens with zero attached hydrogens (tertiary/aromatic N) is 3. The summed E-state index contributed by atoms with van der Waals surface area (Å²) < 4.78 is 13.8. The van der Waals surface area contributed by atoms with Crippen LogP contribution in [-0.2, 0) is 17.8 Å². The van der Waals surface area contributed by atoms with Gasteiger partial charge in [-0.3, -0.25) is 0 Å². The van der Waals surface area contributed by atoms with Crippen LogP contribution in [0.2, 0.25) is 0 Å². The Bertz CT molecular complexity index is 1050. The van der Waals surface area contributed by atoms with Crippen molar-refractivity contribution in [3.63, 3.8) is 0 Å². The Labute approximate surface area is 183 Å². The van der Waals surface area contributed by atoms with Crippen LogP contribution in [0.1, 0.15) is 35.9 Å². The van der Waals surface area contributed by atoms with E-state index in [0.717, 1.165) is 53.9 Å². The highest BCUT2D eigenvalue weighted by Crippen LogP contribution is 2.24. The van der Waals surface area contributed by atoms with Crippen LogP contribution < -0.4 is 15.4 Å². The van der Waals surface area contributed by atoms with Crippen molar-refractivity contribution >= 4 is 11.6 Å². The molecule has 0 amide bonds. The second-order valence-corrected chi connectivity index (χ2v) is 7.89. The maximum atomic E-state index is 6.21. The summed E-state index contributed by atoms with van der Waals surface area (Å²) >= 11 is 0. The zero-order valence-electron chi connectivity index (χ0n) is 18.5. The van der Waals surface area contributed by atoms with Crippen LogP contribution in [0.3, 0.4) is 0 Å². The fourth-order valence-corrected chi connectivity index (χ4v) is 3.65. The van der Waals surface area contributed by atoms with Crippen LogP contribution in [0.25, 0.3) is 5.65 Å². The van der Waals surface area contributed by atoms with Crippen LogP contribution in [0.5, 0.6) is 5.75 Å². The van der Waals surface area contributed by atoms with E-state index in [0.29, 0.717) is 19.7 Å². The highest BCUT2D eigenvalue weighted by atomic mass is 16.5. The fourth-order valence-electron chi connectivity index (χ4n) is 3.65. The van der Waals surface area contributed by atoms with Gasteiger partial charge in [-0.15, -0.1) is 0 Å². The number of fused-ring (bicyclic) bond motifs is 1. The molecule has 31 heavy (non-hydrogen) atoms. The summed E-state index contributed by atoms with van der Waals surface area (Å²) in [5.41, 5.74) is 5.33. The molecule has 1 atom stereocenters. The SMILES string of the molecule is CCNC(=NCc1ccc(C)cc1OC1CCOC1)NCc1cn2c(C)cccc2n1. The van der Waals surface area contributed by atoms with E-state index in [9.17, 15) is 0 Å². The number of benzene rings is 1. The normalized spacial score (nSPS) is 16.6. The molecule has 0 spiro atoms. The molecule has 0 aliphatic carbocycles. The van der Waals surface area contributed by atoms with Crippen LogP contribution in [0, 0.1) is 13.8 Å². The van der Waals surface area contributed by atoms with Gasteiger partial charge in [0, 0.05) is 30.4 Å². The van der Waals surface area contributed by atoms with Crippen molar-refractivity contribution in [2.45, 2.75) is 46.4 Å². The molecule has 2 N–H and O–H groups in total. The first-order chi connectivity index (χ1) is 15.1. The summed E-state index contributed by atoms with van der Waals surface area (Å²) in [5.74, 6) is 1.65. The standard InChI is InChI=1S/C24H31N5O2/c1-4-25-24(27-14-20-15-29-18(3)6-5-7-23(29)28-20)26-13-19-9-8-17(2)12-22(19)31-21-10-11-30-16-21/h5-9,12,15,21H,4,10-11,13-14,16H2,1-3H3,(H2,25,26,27). The lowest BCUT2D eigenvalue weighted by Gasteiger charge is -2.16. The van der Waals surface area contributed by atoms with Gasteiger partial charge in [0.15, 0.2) is 5.96 Å². The van der Waals surface area contributed by atoms with Crippen LogP contribution >= 0.6 is 0 Å². The minimum absolute atomic E-state index is 0.120. The van der Waals surface area contributed by atoms with Crippen molar-refractivity contribution in [2.75, 3.05) is 19.8 Å². The largest absolute Gasteiger partial charge is 0.488 e. The first kappa shape index (κ1) is 21.2. The van der Waals surface area contributed by atoms with Crippen molar-refractivity contribution in [1.82, 2.24) is 20.0 Å². The quantitative estimate of drug-likeness (QED) is 0.452. The fraction of sp³-hybridized carbons (Fsp3) is 0.417. The van der Waals surface area contributed by atoms with E-state index in [1.54, 1.807) is 0 Å².